The minimum Gasteiger partial charge on any atom is -0.434 e. The molecule has 0 saturated heterocycles. The van der Waals surface area contributed by atoms with E-state index in [1.54, 1.807) is 24.5 Å². The Bertz CT molecular complexity index is 478. The van der Waals surface area contributed by atoms with Crippen LogP contribution in [-0.2, 0) is 0 Å². The average molecular weight is 218 g/mol. The van der Waals surface area contributed by atoms with Crippen molar-refractivity contribution in [2.24, 2.45) is 0 Å². The molecule has 0 aromatic carbocycles. The van der Waals surface area contributed by atoms with Crippen LogP contribution in [0.15, 0.2) is 30.7 Å². The van der Waals surface area contributed by atoms with Gasteiger partial charge in [0.15, 0.2) is 5.75 Å². The molecule has 5 heteroatoms. The number of rotatable bonds is 3. The van der Waals surface area contributed by atoms with Crippen LogP contribution in [0.25, 0.3) is 0 Å². The molecule has 0 radical (unpaired) electrons. The van der Waals surface area contributed by atoms with Crippen molar-refractivity contribution in [3.63, 3.8) is 0 Å². The van der Waals surface area contributed by atoms with E-state index in [4.69, 9.17) is 10.5 Å². The van der Waals surface area contributed by atoms with Crippen LogP contribution in [0.4, 0.5) is 5.69 Å². The molecule has 2 aromatic rings. The first-order chi connectivity index (χ1) is 7.66. The lowest BCUT2D eigenvalue weighted by molar-refractivity contribution is 0.461. The number of aromatic nitrogens is 3. The lowest BCUT2D eigenvalue weighted by Crippen LogP contribution is -1.99. The van der Waals surface area contributed by atoms with Crippen LogP contribution in [-0.4, -0.2) is 14.8 Å². The molecule has 2 N–H and O–H groups in total. The van der Waals surface area contributed by atoms with Gasteiger partial charge in [-0.3, -0.25) is 4.68 Å². The third-order valence-electron chi connectivity index (χ3n) is 2.12. The number of pyridine rings is 1. The summed E-state index contributed by atoms with van der Waals surface area (Å²) in [4.78, 5) is 4.04. The number of hydrogen-bond donors (Lipinski definition) is 1. The Hall–Kier alpha value is -2.04. The molecule has 0 aliphatic rings. The number of anilines is 1. The highest BCUT2D eigenvalue weighted by Gasteiger charge is 2.06. The van der Waals surface area contributed by atoms with Gasteiger partial charge in [-0.25, -0.2) is 4.98 Å². The van der Waals surface area contributed by atoms with Crippen molar-refractivity contribution in [1.82, 2.24) is 14.8 Å². The molecule has 0 amide bonds. The van der Waals surface area contributed by atoms with E-state index in [0.717, 1.165) is 0 Å². The maximum atomic E-state index is 5.72. The first-order valence-corrected chi connectivity index (χ1v) is 5.09. The second-order valence-corrected chi connectivity index (χ2v) is 3.75. The van der Waals surface area contributed by atoms with Crippen molar-refractivity contribution in [3.8, 4) is 11.6 Å². The fourth-order valence-corrected chi connectivity index (χ4v) is 1.26. The normalized spacial score (nSPS) is 10.7. The summed E-state index contributed by atoms with van der Waals surface area (Å²) in [6.07, 6.45) is 5.10. The van der Waals surface area contributed by atoms with Crippen LogP contribution in [0.5, 0.6) is 11.6 Å². The van der Waals surface area contributed by atoms with E-state index in [0.29, 0.717) is 23.4 Å². The summed E-state index contributed by atoms with van der Waals surface area (Å²) in [5, 5.41) is 4.16. The van der Waals surface area contributed by atoms with Gasteiger partial charge in [0.2, 0.25) is 5.88 Å². The fraction of sp³-hybridized carbons (Fsp3) is 0.273. The Morgan fingerprint density at radius 3 is 2.88 bits per heavy atom. The molecule has 84 valence electrons. The Morgan fingerprint density at radius 2 is 2.25 bits per heavy atom. The summed E-state index contributed by atoms with van der Waals surface area (Å²) in [7, 11) is 0. The van der Waals surface area contributed by atoms with E-state index in [-0.39, 0.29) is 0 Å². The predicted octanol–water partition coefficient (Wildman–Crippen LogP) is 2.23. The van der Waals surface area contributed by atoms with E-state index in [1.807, 2.05) is 24.7 Å². The summed E-state index contributed by atoms with van der Waals surface area (Å²) >= 11 is 0. The zero-order valence-corrected chi connectivity index (χ0v) is 9.29. The van der Waals surface area contributed by atoms with Gasteiger partial charge in [-0.15, -0.1) is 0 Å². The van der Waals surface area contributed by atoms with Gasteiger partial charge in [0.05, 0.1) is 18.1 Å². The van der Waals surface area contributed by atoms with Crippen LogP contribution in [0.2, 0.25) is 0 Å². The molecule has 0 aliphatic heterocycles. The third-order valence-corrected chi connectivity index (χ3v) is 2.12. The maximum absolute atomic E-state index is 5.72. The third kappa shape index (κ3) is 2.13. The summed E-state index contributed by atoms with van der Waals surface area (Å²) < 4.78 is 7.33. The minimum absolute atomic E-state index is 0.304. The van der Waals surface area contributed by atoms with Gasteiger partial charge in [-0.1, -0.05) is 0 Å². The maximum Gasteiger partial charge on any atom is 0.242 e. The SMILES string of the molecule is CC(C)n1cc(Oc2ncccc2N)cn1. The van der Waals surface area contributed by atoms with Crippen LogP contribution in [0.1, 0.15) is 19.9 Å². The highest BCUT2D eigenvalue weighted by Crippen LogP contribution is 2.24. The standard InChI is InChI=1S/C11H14N4O/c1-8(2)15-7-9(6-14-15)16-11-10(12)4-3-5-13-11/h3-8H,12H2,1-2H3. The number of hydrogen-bond acceptors (Lipinski definition) is 4. The lowest BCUT2D eigenvalue weighted by Gasteiger charge is -2.04. The van der Waals surface area contributed by atoms with Crippen molar-refractivity contribution in [1.29, 1.82) is 0 Å². The van der Waals surface area contributed by atoms with E-state index >= 15 is 0 Å². The lowest BCUT2D eigenvalue weighted by atomic mass is 10.4. The monoisotopic (exact) mass is 218 g/mol. The molecule has 2 rings (SSSR count). The van der Waals surface area contributed by atoms with Crippen LogP contribution < -0.4 is 10.5 Å². The molecule has 0 aliphatic carbocycles. The molecule has 0 atom stereocenters. The molecule has 0 fully saturated rings. The van der Waals surface area contributed by atoms with Crippen molar-refractivity contribution >= 4 is 5.69 Å². The van der Waals surface area contributed by atoms with Gasteiger partial charge < -0.3 is 10.5 Å². The quantitative estimate of drug-likeness (QED) is 0.857. The second-order valence-electron chi connectivity index (χ2n) is 3.75. The topological polar surface area (TPSA) is 66.0 Å². The zero-order chi connectivity index (χ0) is 11.5. The molecule has 2 aromatic heterocycles. The molecule has 2 heterocycles. The Balaban J connectivity index is 2.18. The van der Waals surface area contributed by atoms with E-state index in [9.17, 15) is 0 Å². The smallest absolute Gasteiger partial charge is 0.242 e. The molecule has 0 saturated carbocycles. The van der Waals surface area contributed by atoms with Crippen molar-refractivity contribution in [2.45, 2.75) is 19.9 Å². The number of nitrogens with zero attached hydrogens (tertiary/aromatic N) is 3. The van der Waals surface area contributed by atoms with E-state index < -0.39 is 0 Å². The van der Waals surface area contributed by atoms with Crippen molar-refractivity contribution < 1.29 is 4.74 Å². The van der Waals surface area contributed by atoms with Gasteiger partial charge in [0, 0.05) is 12.2 Å². The van der Waals surface area contributed by atoms with E-state index in [1.165, 1.54) is 0 Å². The predicted molar refractivity (Wildman–Crippen MR) is 61.3 cm³/mol. The van der Waals surface area contributed by atoms with E-state index in [2.05, 4.69) is 10.1 Å². The number of nitrogen functional groups attached to an aromatic ring is 1. The Kier molecular flexibility index (Phi) is 2.76. The summed E-state index contributed by atoms with van der Waals surface area (Å²) in [5.74, 6) is 1.05. The van der Waals surface area contributed by atoms with Crippen molar-refractivity contribution in [3.05, 3.63) is 30.7 Å². The van der Waals surface area contributed by atoms with Gasteiger partial charge >= 0.3 is 0 Å². The van der Waals surface area contributed by atoms with Crippen LogP contribution in [0, 0.1) is 0 Å². The van der Waals surface area contributed by atoms with Gasteiger partial charge in [0.1, 0.15) is 0 Å². The zero-order valence-electron chi connectivity index (χ0n) is 9.29. The molecule has 0 unspecified atom stereocenters. The summed E-state index contributed by atoms with van der Waals surface area (Å²) in [6.45, 7) is 4.10. The molecule has 16 heavy (non-hydrogen) atoms. The minimum atomic E-state index is 0.304. The molecule has 0 bridgehead atoms. The second kappa shape index (κ2) is 4.22. The largest absolute Gasteiger partial charge is 0.434 e. The highest BCUT2D eigenvalue weighted by atomic mass is 16.5. The Labute approximate surface area is 93.9 Å². The van der Waals surface area contributed by atoms with Gasteiger partial charge in [-0.2, -0.15) is 5.10 Å². The Morgan fingerprint density at radius 1 is 1.44 bits per heavy atom. The number of ether oxygens (including phenoxy) is 1. The molecular formula is C11H14N4O. The first-order valence-electron chi connectivity index (χ1n) is 5.09. The number of nitrogens with two attached hydrogens (primary N) is 1. The van der Waals surface area contributed by atoms with Crippen molar-refractivity contribution in [2.75, 3.05) is 5.73 Å². The average Bonchev–Trinajstić information content (AvgIpc) is 2.70. The summed E-state index contributed by atoms with van der Waals surface area (Å²) in [5.41, 5.74) is 6.23. The first kappa shape index (κ1) is 10.5. The molecular weight excluding hydrogens is 204 g/mol. The highest BCUT2D eigenvalue weighted by molar-refractivity contribution is 5.48. The fourth-order valence-electron chi connectivity index (χ4n) is 1.26. The molecule has 5 nitrogen and oxygen atoms in total. The summed E-state index contributed by atoms with van der Waals surface area (Å²) in [6, 6.07) is 3.81. The van der Waals surface area contributed by atoms with Crippen LogP contribution in [0.3, 0.4) is 0 Å². The van der Waals surface area contributed by atoms with Crippen LogP contribution >= 0.6 is 0 Å². The molecule has 0 spiro atoms. The van der Waals surface area contributed by atoms with Gasteiger partial charge in [-0.05, 0) is 26.0 Å². The van der Waals surface area contributed by atoms with Gasteiger partial charge in [0.25, 0.3) is 0 Å².